The van der Waals surface area contributed by atoms with Crippen LogP contribution >= 0.6 is 0 Å². The van der Waals surface area contributed by atoms with Crippen molar-refractivity contribution in [1.82, 2.24) is 15.8 Å². The number of nitriles is 1. The predicted octanol–water partition coefficient (Wildman–Crippen LogP) is 1.68. The third-order valence-corrected chi connectivity index (χ3v) is 4.68. The number of hydrazine groups is 1. The van der Waals surface area contributed by atoms with Crippen molar-refractivity contribution in [1.29, 1.82) is 5.26 Å². The molecular formula is C18H17N5O. The van der Waals surface area contributed by atoms with Crippen molar-refractivity contribution in [2.24, 2.45) is 11.7 Å². The zero-order valence-corrected chi connectivity index (χ0v) is 12.9. The van der Waals surface area contributed by atoms with Crippen LogP contribution in [0.15, 0.2) is 66.3 Å². The Hall–Kier alpha value is -2.88. The Balaban J connectivity index is 1.82. The largest absolute Gasteiger partial charge is 0.458 e. The van der Waals surface area contributed by atoms with Crippen molar-refractivity contribution in [3.8, 4) is 6.07 Å². The Kier molecular flexibility index (Phi) is 3.65. The number of nitrogens with two attached hydrogens (primary N) is 1. The van der Waals surface area contributed by atoms with Gasteiger partial charge in [-0.2, -0.15) is 5.26 Å². The van der Waals surface area contributed by atoms with Crippen LogP contribution in [0.4, 0.5) is 0 Å². The summed E-state index contributed by atoms with van der Waals surface area (Å²) in [5.74, 6) is 0.0183. The van der Waals surface area contributed by atoms with E-state index in [2.05, 4.69) is 34.0 Å². The first-order valence-corrected chi connectivity index (χ1v) is 7.82. The smallest absolute Gasteiger partial charge is 0.200 e. The summed E-state index contributed by atoms with van der Waals surface area (Å²) in [6, 6.07) is 16.2. The van der Waals surface area contributed by atoms with E-state index in [1.165, 1.54) is 0 Å². The lowest BCUT2D eigenvalue weighted by Gasteiger charge is -2.35. The fourth-order valence-corrected chi connectivity index (χ4v) is 3.61. The molecule has 6 nitrogen and oxygen atoms in total. The molecule has 2 aliphatic rings. The first kappa shape index (κ1) is 14.7. The van der Waals surface area contributed by atoms with Gasteiger partial charge in [-0.25, -0.2) is 10.9 Å². The molecular weight excluding hydrogens is 302 g/mol. The van der Waals surface area contributed by atoms with Crippen molar-refractivity contribution in [3.63, 3.8) is 0 Å². The topological polar surface area (TPSA) is 96.0 Å². The maximum Gasteiger partial charge on any atom is 0.200 e. The zero-order chi connectivity index (χ0) is 16.5. The van der Waals surface area contributed by atoms with Gasteiger partial charge in [0.15, 0.2) is 6.23 Å². The van der Waals surface area contributed by atoms with Gasteiger partial charge in [0, 0.05) is 24.2 Å². The number of fused-ring (bicyclic) bond motifs is 1. The molecule has 24 heavy (non-hydrogen) atoms. The standard InChI is InChI=1S/C18H17N5O/c19-10-13-14(11-6-8-21-9-7-11)15-16(12-4-2-1-3-5-12)22-23-18(15)24-17(13)20/h1-9,14-16,18,22-23H,20H2. The number of aromatic nitrogens is 1. The van der Waals surface area contributed by atoms with Gasteiger partial charge < -0.3 is 10.5 Å². The summed E-state index contributed by atoms with van der Waals surface area (Å²) in [6.45, 7) is 0. The molecule has 4 unspecified atom stereocenters. The average Bonchev–Trinajstić information content (AvgIpc) is 3.05. The highest BCUT2D eigenvalue weighted by molar-refractivity contribution is 5.42. The molecule has 0 bridgehead atoms. The Bertz CT molecular complexity index is 799. The maximum atomic E-state index is 9.65. The SMILES string of the molecule is N#CC1=C(N)OC2NNC(c3ccccc3)C2C1c1ccncc1. The second-order valence-electron chi connectivity index (χ2n) is 5.94. The minimum absolute atomic E-state index is 0.00301. The molecule has 6 heteroatoms. The minimum Gasteiger partial charge on any atom is -0.458 e. The number of allylic oxidation sites excluding steroid dienone is 1. The van der Waals surface area contributed by atoms with Crippen LogP contribution in [0.5, 0.6) is 0 Å². The number of benzene rings is 1. The summed E-state index contributed by atoms with van der Waals surface area (Å²) in [7, 11) is 0. The molecule has 4 atom stereocenters. The first-order valence-electron chi connectivity index (χ1n) is 7.82. The molecule has 2 aliphatic heterocycles. The monoisotopic (exact) mass is 319 g/mol. The molecule has 1 aromatic carbocycles. The number of hydrogen-bond acceptors (Lipinski definition) is 6. The number of hydrogen-bond donors (Lipinski definition) is 3. The summed E-state index contributed by atoms with van der Waals surface area (Å²) < 4.78 is 5.76. The number of nitrogens with one attached hydrogen (secondary N) is 2. The molecule has 0 aliphatic carbocycles. The molecule has 1 saturated heterocycles. The van der Waals surface area contributed by atoms with Gasteiger partial charge in [-0.05, 0) is 23.3 Å². The lowest BCUT2D eigenvalue weighted by molar-refractivity contribution is 0.0340. The fraction of sp³-hybridized carbons (Fsp3) is 0.222. The summed E-state index contributed by atoms with van der Waals surface area (Å²) in [5, 5.41) is 9.65. The van der Waals surface area contributed by atoms with E-state index >= 15 is 0 Å². The van der Waals surface area contributed by atoms with E-state index in [1.54, 1.807) is 12.4 Å². The van der Waals surface area contributed by atoms with E-state index in [4.69, 9.17) is 10.5 Å². The highest BCUT2D eigenvalue weighted by atomic mass is 16.5. The van der Waals surface area contributed by atoms with E-state index in [0.29, 0.717) is 5.57 Å². The van der Waals surface area contributed by atoms with Crippen LogP contribution in [-0.2, 0) is 4.74 Å². The van der Waals surface area contributed by atoms with E-state index in [1.807, 2.05) is 30.3 Å². The van der Waals surface area contributed by atoms with Gasteiger partial charge in [0.05, 0.1) is 11.6 Å². The van der Waals surface area contributed by atoms with Crippen molar-refractivity contribution in [2.75, 3.05) is 0 Å². The zero-order valence-electron chi connectivity index (χ0n) is 12.9. The van der Waals surface area contributed by atoms with Crippen molar-refractivity contribution >= 4 is 0 Å². The number of rotatable bonds is 2. The van der Waals surface area contributed by atoms with Crippen LogP contribution in [0, 0.1) is 17.2 Å². The molecule has 1 fully saturated rings. The van der Waals surface area contributed by atoms with Gasteiger partial charge in [0.1, 0.15) is 6.07 Å². The molecule has 2 aromatic rings. The highest BCUT2D eigenvalue weighted by Gasteiger charge is 2.49. The quantitative estimate of drug-likeness (QED) is 0.779. The number of ether oxygens (including phenoxy) is 1. The van der Waals surface area contributed by atoms with Crippen LogP contribution in [0.1, 0.15) is 23.1 Å². The van der Waals surface area contributed by atoms with Gasteiger partial charge in [-0.15, -0.1) is 0 Å². The van der Waals surface area contributed by atoms with Gasteiger partial charge >= 0.3 is 0 Å². The molecule has 1 aromatic heterocycles. The Morgan fingerprint density at radius 3 is 2.50 bits per heavy atom. The normalized spacial score (nSPS) is 28.8. The van der Waals surface area contributed by atoms with Crippen LogP contribution in [-0.4, -0.2) is 11.2 Å². The average molecular weight is 319 g/mol. The maximum absolute atomic E-state index is 9.65. The lowest BCUT2D eigenvalue weighted by atomic mass is 9.74. The molecule has 120 valence electrons. The van der Waals surface area contributed by atoms with E-state index in [9.17, 15) is 5.26 Å². The molecule has 3 heterocycles. The van der Waals surface area contributed by atoms with Gasteiger partial charge in [0.2, 0.25) is 5.88 Å². The third kappa shape index (κ3) is 2.31. The summed E-state index contributed by atoms with van der Waals surface area (Å²) in [4.78, 5) is 4.08. The van der Waals surface area contributed by atoms with Gasteiger partial charge in [0.25, 0.3) is 0 Å². The van der Waals surface area contributed by atoms with Crippen molar-refractivity contribution < 1.29 is 4.74 Å². The van der Waals surface area contributed by atoms with E-state index < -0.39 is 0 Å². The molecule has 0 spiro atoms. The molecule has 0 saturated carbocycles. The minimum atomic E-state index is -0.300. The fourth-order valence-electron chi connectivity index (χ4n) is 3.61. The lowest BCUT2D eigenvalue weighted by Crippen LogP contribution is -2.40. The second-order valence-corrected chi connectivity index (χ2v) is 5.94. The van der Waals surface area contributed by atoms with Crippen LogP contribution in [0.25, 0.3) is 0 Å². The van der Waals surface area contributed by atoms with E-state index in [-0.39, 0.29) is 30.0 Å². The second kappa shape index (κ2) is 5.96. The van der Waals surface area contributed by atoms with Crippen molar-refractivity contribution in [2.45, 2.75) is 18.2 Å². The third-order valence-electron chi connectivity index (χ3n) is 4.68. The predicted molar refractivity (Wildman–Crippen MR) is 87.6 cm³/mol. The number of nitrogens with zero attached hydrogens (tertiary/aromatic N) is 2. The summed E-state index contributed by atoms with van der Waals surface area (Å²) >= 11 is 0. The summed E-state index contributed by atoms with van der Waals surface area (Å²) in [6.07, 6.45) is 3.17. The first-order chi connectivity index (χ1) is 11.8. The highest BCUT2D eigenvalue weighted by Crippen LogP contribution is 2.47. The Labute approximate surface area is 139 Å². The molecule has 0 amide bonds. The number of pyridine rings is 1. The van der Waals surface area contributed by atoms with Crippen LogP contribution in [0.3, 0.4) is 0 Å². The molecule has 4 rings (SSSR count). The Morgan fingerprint density at radius 2 is 1.79 bits per heavy atom. The van der Waals surface area contributed by atoms with Crippen LogP contribution < -0.4 is 16.6 Å². The van der Waals surface area contributed by atoms with E-state index in [0.717, 1.165) is 11.1 Å². The molecule has 0 radical (unpaired) electrons. The molecule has 4 N–H and O–H groups in total. The van der Waals surface area contributed by atoms with Crippen molar-refractivity contribution in [3.05, 3.63) is 77.4 Å². The summed E-state index contributed by atoms with van der Waals surface area (Å²) in [5.41, 5.74) is 15.1. The Morgan fingerprint density at radius 1 is 1.04 bits per heavy atom. The van der Waals surface area contributed by atoms with Crippen LogP contribution in [0.2, 0.25) is 0 Å². The van der Waals surface area contributed by atoms with Gasteiger partial charge in [-0.3, -0.25) is 4.98 Å². The van der Waals surface area contributed by atoms with Gasteiger partial charge in [-0.1, -0.05) is 30.3 Å².